The van der Waals surface area contributed by atoms with Crippen molar-refractivity contribution in [2.75, 3.05) is 13.2 Å². The molecular formula is C18H29NO2. The lowest BCUT2D eigenvalue weighted by Gasteiger charge is -2.53. The van der Waals surface area contributed by atoms with Crippen LogP contribution in [-0.4, -0.2) is 30.5 Å². The fourth-order valence-electron chi connectivity index (χ4n) is 2.94. The van der Waals surface area contributed by atoms with E-state index >= 15 is 0 Å². The van der Waals surface area contributed by atoms with Gasteiger partial charge in [0.25, 0.3) is 0 Å². The van der Waals surface area contributed by atoms with Crippen molar-refractivity contribution in [3.8, 4) is 0 Å². The summed E-state index contributed by atoms with van der Waals surface area (Å²) in [7, 11) is 0. The fourth-order valence-corrected chi connectivity index (χ4v) is 2.94. The van der Waals surface area contributed by atoms with Crippen LogP contribution in [0.3, 0.4) is 0 Å². The summed E-state index contributed by atoms with van der Waals surface area (Å²) in [6.45, 7) is 9.80. The Bertz CT molecular complexity index is 430. The highest BCUT2D eigenvalue weighted by molar-refractivity contribution is 5.20. The first-order valence-electron chi connectivity index (χ1n) is 7.98. The summed E-state index contributed by atoms with van der Waals surface area (Å²) >= 11 is 0. The van der Waals surface area contributed by atoms with Crippen LogP contribution in [0.2, 0.25) is 0 Å². The van der Waals surface area contributed by atoms with Crippen molar-refractivity contribution in [3.63, 3.8) is 0 Å². The maximum Gasteiger partial charge on any atom is 0.0656 e. The predicted molar refractivity (Wildman–Crippen MR) is 86.2 cm³/mol. The molecule has 1 aromatic rings. The van der Waals surface area contributed by atoms with Gasteiger partial charge in [0.05, 0.1) is 18.8 Å². The summed E-state index contributed by atoms with van der Waals surface area (Å²) in [5, 5.41) is 13.3. The summed E-state index contributed by atoms with van der Waals surface area (Å²) in [5.41, 5.74) is 1.25. The fraction of sp³-hybridized carbons (Fsp3) is 0.667. The number of rotatable bonds is 7. The Hall–Kier alpha value is -0.900. The van der Waals surface area contributed by atoms with Crippen LogP contribution in [0.25, 0.3) is 0 Å². The molecule has 0 saturated heterocycles. The minimum Gasteiger partial charge on any atom is -0.394 e. The number of nitrogens with one attached hydrogen (secondary N) is 1. The molecule has 1 aliphatic carbocycles. The molecule has 0 spiro atoms. The number of benzene rings is 1. The molecule has 1 aliphatic rings. The first kappa shape index (κ1) is 16.5. The minimum absolute atomic E-state index is 0.00141. The van der Waals surface area contributed by atoms with Crippen molar-refractivity contribution in [3.05, 3.63) is 35.9 Å². The highest BCUT2D eigenvalue weighted by Crippen LogP contribution is 2.43. The van der Waals surface area contributed by atoms with Gasteiger partial charge in [-0.1, -0.05) is 58.0 Å². The summed E-state index contributed by atoms with van der Waals surface area (Å²) in [5.74, 6) is 0.572. The Morgan fingerprint density at radius 1 is 1.29 bits per heavy atom. The average molecular weight is 291 g/mol. The number of aliphatic hydroxyl groups excluding tert-OH is 1. The van der Waals surface area contributed by atoms with Crippen LogP contribution in [0.4, 0.5) is 0 Å². The second kappa shape index (κ2) is 6.91. The van der Waals surface area contributed by atoms with E-state index < -0.39 is 0 Å². The van der Waals surface area contributed by atoms with Crippen molar-refractivity contribution in [1.29, 1.82) is 0 Å². The normalized spacial score (nSPS) is 25.6. The van der Waals surface area contributed by atoms with Crippen molar-refractivity contribution in [2.24, 2.45) is 11.3 Å². The molecule has 3 atom stereocenters. The summed E-state index contributed by atoms with van der Waals surface area (Å²) in [6, 6.07) is 10.5. The molecule has 2 N–H and O–H groups in total. The van der Waals surface area contributed by atoms with E-state index in [1.807, 2.05) is 18.2 Å². The standard InChI is InChI=1S/C18H29NO2/c1-13(2)12-21-17-10-16(18(17,3)4)19-15(11-20)14-8-6-5-7-9-14/h5-9,13,15-17,19-20H,10-12H2,1-4H3/t15-,16?,17?/m0/s1. The van der Waals surface area contributed by atoms with E-state index in [0.717, 1.165) is 18.6 Å². The second-order valence-corrected chi connectivity index (χ2v) is 7.14. The molecule has 1 saturated carbocycles. The summed E-state index contributed by atoms with van der Waals surface area (Å²) < 4.78 is 6.00. The van der Waals surface area contributed by atoms with Crippen LogP contribution < -0.4 is 5.32 Å². The van der Waals surface area contributed by atoms with Gasteiger partial charge < -0.3 is 15.2 Å². The number of hydrogen-bond donors (Lipinski definition) is 2. The van der Waals surface area contributed by atoms with Crippen LogP contribution in [-0.2, 0) is 4.74 Å². The molecule has 3 nitrogen and oxygen atoms in total. The molecule has 118 valence electrons. The first-order valence-corrected chi connectivity index (χ1v) is 7.98. The molecule has 0 aliphatic heterocycles. The van der Waals surface area contributed by atoms with E-state index in [1.165, 1.54) is 0 Å². The molecule has 3 heteroatoms. The number of hydrogen-bond acceptors (Lipinski definition) is 3. The van der Waals surface area contributed by atoms with E-state index in [4.69, 9.17) is 4.74 Å². The van der Waals surface area contributed by atoms with Crippen LogP contribution in [0.5, 0.6) is 0 Å². The molecule has 2 rings (SSSR count). The van der Waals surface area contributed by atoms with Gasteiger partial charge in [0, 0.05) is 18.1 Å². The maximum atomic E-state index is 9.67. The van der Waals surface area contributed by atoms with Gasteiger partial charge in [-0.15, -0.1) is 0 Å². The minimum atomic E-state index is 0.00141. The van der Waals surface area contributed by atoms with Crippen LogP contribution in [0, 0.1) is 11.3 Å². The number of aliphatic hydroxyl groups is 1. The van der Waals surface area contributed by atoms with Crippen molar-refractivity contribution in [1.82, 2.24) is 5.32 Å². The van der Waals surface area contributed by atoms with Crippen molar-refractivity contribution >= 4 is 0 Å². The third-order valence-electron chi connectivity index (χ3n) is 4.60. The quantitative estimate of drug-likeness (QED) is 0.811. The van der Waals surface area contributed by atoms with Crippen molar-refractivity contribution < 1.29 is 9.84 Å². The molecule has 0 radical (unpaired) electrons. The van der Waals surface area contributed by atoms with Crippen LogP contribution in [0.1, 0.15) is 45.7 Å². The molecule has 0 amide bonds. The summed E-state index contributed by atoms with van der Waals surface area (Å²) in [6.07, 6.45) is 1.33. The van der Waals surface area contributed by atoms with E-state index in [2.05, 4.69) is 45.1 Å². The monoisotopic (exact) mass is 291 g/mol. The smallest absolute Gasteiger partial charge is 0.0656 e. The topological polar surface area (TPSA) is 41.5 Å². The van der Waals surface area contributed by atoms with Crippen molar-refractivity contribution in [2.45, 2.75) is 52.3 Å². The third-order valence-corrected chi connectivity index (χ3v) is 4.60. The molecule has 21 heavy (non-hydrogen) atoms. The Balaban J connectivity index is 1.92. The van der Waals surface area contributed by atoms with Gasteiger partial charge >= 0.3 is 0 Å². The van der Waals surface area contributed by atoms with Gasteiger partial charge in [0.15, 0.2) is 0 Å². The highest BCUT2D eigenvalue weighted by atomic mass is 16.5. The Kier molecular flexibility index (Phi) is 5.42. The van der Waals surface area contributed by atoms with Gasteiger partial charge in [-0.2, -0.15) is 0 Å². The van der Waals surface area contributed by atoms with Gasteiger partial charge in [0.1, 0.15) is 0 Å². The van der Waals surface area contributed by atoms with Crippen LogP contribution >= 0.6 is 0 Å². The van der Waals surface area contributed by atoms with E-state index in [0.29, 0.717) is 18.1 Å². The molecule has 1 aromatic carbocycles. The average Bonchev–Trinajstić information content (AvgIpc) is 2.46. The molecule has 0 heterocycles. The van der Waals surface area contributed by atoms with Gasteiger partial charge in [-0.05, 0) is 17.9 Å². The molecule has 1 fully saturated rings. The molecule has 2 unspecified atom stereocenters. The SMILES string of the molecule is CC(C)COC1CC(N[C@@H](CO)c2ccccc2)C1(C)C. The van der Waals surface area contributed by atoms with E-state index in [9.17, 15) is 5.11 Å². The van der Waals surface area contributed by atoms with Gasteiger partial charge in [-0.25, -0.2) is 0 Å². The van der Waals surface area contributed by atoms with E-state index in [1.54, 1.807) is 0 Å². The lowest BCUT2D eigenvalue weighted by atomic mass is 9.64. The second-order valence-electron chi connectivity index (χ2n) is 7.14. The zero-order valence-electron chi connectivity index (χ0n) is 13.7. The van der Waals surface area contributed by atoms with Gasteiger partial charge in [0.2, 0.25) is 0 Å². The Morgan fingerprint density at radius 3 is 2.48 bits per heavy atom. The molecule has 0 bridgehead atoms. The maximum absolute atomic E-state index is 9.67. The highest BCUT2D eigenvalue weighted by Gasteiger charge is 2.49. The lowest BCUT2D eigenvalue weighted by Crippen LogP contribution is -2.61. The third kappa shape index (κ3) is 3.85. The number of ether oxygens (including phenoxy) is 1. The Labute approximate surface area is 128 Å². The Morgan fingerprint density at radius 2 is 1.95 bits per heavy atom. The first-order chi connectivity index (χ1) is 9.95. The lowest BCUT2D eigenvalue weighted by molar-refractivity contribution is -0.127. The van der Waals surface area contributed by atoms with Gasteiger partial charge in [-0.3, -0.25) is 0 Å². The van der Waals surface area contributed by atoms with E-state index in [-0.39, 0.29) is 18.1 Å². The zero-order valence-corrected chi connectivity index (χ0v) is 13.7. The molecule has 0 aromatic heterocycles. The zero-order chi connectivity index (χ0) is 15.5. The summed E-state index contributed by atoms with van der Waals surface area (Å²) in [4.78, 5) is 0. The predicted octanol–water partition coefficient (Wildman–Crippen LogP) is 3.15. The molecular weight excluding hydrogens is 262 g/mol. The largest absolute Gasteiger partial charge is 0.394 e. The van der Waals surface area contributed by atoms with Crippen LogP contribution in [0.15, 0.2) is 30.3 Å².